The number of benzene rings is 1. The Morgan fingerprint density at radius 1 is 1.32 bits per heavy atom. The zero-order valence-corrected chi connectivity index (χ0v) is 12.5. The van der Waals surface area contributed by atoms with Crippen LogP contribution in [0, 0.1) is 11.3 Å². The molecule has 0 fully saturated rings. The van der Waals surface area contributed by atoms with Crippen LogP contribution in [0.5, 0.6) is 0 Å². The van der Waals surface area contributed by atoms with E-state index in [4.69, 9.17) is 5.26 Å². The molecule has 1 aromatic carbocycles. The van der Waals surface area contributed by atoms with Crippen LogP contribution in [-0.2, 0) is 6.42 Å². The van der Waals surface area contributed by atoms with Crippen molar-refractivity contribution in [3.05, 3.63) is 35.4 Å². The average molecular weight is 281 g/mol. The van der Waals surface area contributed by atoms with Gasteiger partial charge in [-0.25, -0.2) is 0 Å². The Morgan fingerprint density at radius 3 is 2.37 bits per heavy atom. The molecule has 0 atom stereocenters. The zero-order valence-electron chi connectivity index (χ0n) is 11.7. The molecule has 0 aliphatic heterocycles. The highest BCUT2D eigenvalue weighted by Crippen LogP contribution is 2.14. The van der Waals surface area contributed by atoms with Crippen LogP contribution in [0.4, 0.5) is 0 Å². The maximum Gasteiger partial charge on any atom is 0.159 e. The first-order valence-electron chi connectivity index (χ1n) is 6.16. The largest absolute Gasteiger partial charge is 0.310 e. The Labute approximate surface area is 121 Å². The molecule has 0 aromatic heterocycles. The SMILES string of the molecule is CC(=O)c1ccc(CC(C)(C)NCCC#N)cc1.Cl. The highest BCUT2D eigenvalue weighted by atomic mass is 35.5. The van der Waals surface area contributed by atoms with Gasteiger partial charge in [0.05, 0.1) is 6.07 Å². The summed E-state index contributed by atoms with van der Waals surface area (Å²) in [6.45, 7) is 6.50. The van der Waals surface area contributed by atoms with E-state index in [1.165, 1.54) is 5.56 Å². The van der Waals surface area contributed by atoms with Gasteiger partial charge in [-0.1, -0.05) is 24.3 Å². The van der Waals surface area contributed by atoms with Crippen LogP contribution in [0.3, 0.4) is 0 Å². The number of nitriles is 1. The molecule has 0 saturated heterocycles. The van der Waals surface area contributed by atoms with Gasteiger partial charge in [0.1, 0.15) is 0 Å². The van der Waals surface area contributed by atoms with Crippen LogP contribution < -0.4 is 5.32 Å². The minimum absolute atomic E-state index is 0. The summed E-state index contributed by atoms with van der Waals surface area (Å²) in [6, 6.07) is 9.83. The van der Waals surface area contributed by atoms with Gasteiger partial charge in [0.25, 0.3) is 0 Å². The van der Waals surface area contributed by atoms with Crippen LogP contribution in [0.25, 0.3) is 0 Å². The predicted octanol–water partition coefficient (Wildman–Crippen LogP) is 3.14. The second kappa shape index (κ2) is 7.93. The van der Waals surface area contributed by atoms with Crippen LogP contribution in [-0.4, -0.2) is 17.9 Å². The number of carbonyl (C=O) groups is 1. The monoisotopic (exact) mass is 280 g/mol. The topological polar surface area (TPSA) is 52.9 Å². The summed E-state index contributed by atoms with van der Waals surface area (Å²) >= 11 is 0. The second-order valence-corrected chi connectivity index (χ2v) is 5.15. The summed E-state index contributed by atoms with van der Waals surface area (Å²) in [6.07, 6.45) is 1.39. The van der Waals surface area contributed by atoms with Gasteiger partial charge in [0, 0.05) is 24.1 Å². The van der Waals surface area contributed by atoms with Gasteiger partial charge in [0.15, 0.2) is 5.78 Å². The van der Waals surface area contributed by atoms with Crippen molar-refractivity contribution in [1.82, 2.24) is 5.32 Å². The minimum Gasteiger partial charge on any atom is -0.310 e. The molecule has 0 saturated carbocycles. The molecule has 0 bridgehead atoms. The van der Waals surface area contributed by atoms with E-state index in [2.05, 4.69) is 25.2 Å². The molecule has 4 heteroatoms. The molecule has 1 aromatic rings. The van der Waals surface area contributed by atoms with E-state index in [0.29, 0.717) is 13.0 Å². The molecule has 0 radical (unpaired) electrons. The molecule has 0 aliphatic rings. The third kappa shape index (κ3) is 6.37. The Kier molecular flexibility index (Phi) is 7.36. The number of hydrogen-bond donors (Lipinski definition) is 1. The molecule has 19 heavy (non-hydrogen) atoms. The van der Waals surface area contributed by atoms with Crippen molar-refractivity contribution in [1.29, 1.82) is 5.26 Å². The molecular formula is C15H21ClN2O. The molecule has 104 valence electrons. The van der Waals surface area contributed by atoms with Crippen LogP contribution in [0.1, 0.15) is 43.1 Å². The fourth-order valence-corrected chi connectivity index (χ4v) is 1.89. The molecule has 3 nitrogen and oxygen atoms in total. The number of carbonyl (C=O) groups excluding carboxylic acids is 1. The number of nitrogens with zero attached hydrogens (tertiary/aromatic N) is 1. The van der Waals surface area contributed by atoms with Gasteiger partial charge in [0.2, 0.25) is 0 Å². The van der Waals surface area contributed by atoms with Crippen molar-refractivity contribution < 1.29 is 4.79 Å². The van der Waals surface area contributed by atoms with Gasteiger partial charge in [-0.3, -0.25) is 4.79 Å². The van der Waals surface area contributed by atoms with Crippen molar-refractivity contribution in [2.24, 2.45) is 0 Å². The van der Waals surface area contributed by atoms with Crippen molar-refractivity contribution in [2.75, 3.05) is 6.54 Å². The number of nitrogens with one attached hydrogen (secondary N) is 1. The molecule has 0 spiro atoms. The van der Waals surface area contributed by atoms with E-state index >= 15 is 0 Å². The standard InChI is InChI=1S/C15H20N2O.ClH/c1-12(18)14-7-5-13(6-8-14)11-15(2,3)17-10-4-9-16;/h5-8,17H,4,10-11H2,1-3H3;1H. The molecule has 1 rings (SSSR count). The first-order chi connectivity index (χ1) is 8.44. The van der Waals surface area contributed by atoms with Gasteiger partial charge in [-0.15, -0.1) is 12.4 Å². The normalized spacial score (nSPS) is 10.4. The van der Waals surface area contributed by atoms with Crippen molar-refractivity contribution >= 4 is 18.2 Å². The lowest BCUT2D eigenvalue weighted by molar-refractivity contribution is 0.101. The molecule has 0 unspecified atom stereocenters. The third-order valence-corrected chi connectivity index (χ3v) is 2.85. The number of hydrogen-bond acceptors (Lipinski definition) is 3. The molecule has 1 N–H and O–H groups in total. The summed E-state index contributed by atoms with van der Waals surface area (Å²) in [7, 11) is 0. The molecule has 0 aliphatic carbocycles. The van der Waals surface area contributed by atoms with E-state index in [9.17, 15) is 4.79 Å². The second-order valence-electron chi connectivity index (χ2n) is 5.15. The van der Waals surface area contributed by atoms with Crippen molar-refractivity contribution in [3.63, 3.8) is 0 Å². The van der Waals surface area contributed by atoms with Crippen molar-refractivity contribution in [2.45, 2.75) is 39.2 Å². The number of rotatable bonds is 6. The lowest BCUT2D eigenvalue weighted by Crippen LogP contribution is -2.41. The lowest BCUT2D eigenvalue weighted by atomic mass is 9.94. The van der Waals surface area contributed by atoms with Crippen LogP contribution in [0.2, 0.25) is 0 Å². The number of ketones is 1. The van der Waals surface area contributed by atoms with Gasteiger partial charge >= 0.3 is 0 Å². The Bertz CT molecular complexity index is 446. The summed E-state index contributed by atoms with van der Waals surface area (Å²) < 4.78 is 0. The predicted molar refractivity (Wildman–Crippen MR) is 79.7 cm³/mol. The van der Waals surface area contributed by atoms with Crippen LogP contribution in [0.15, 0.2) is 24.3 Å². The zero-order chi connectivity index (χ0) is 13.6. The summed E-state index contributed by atoms with van der Waals surface area (Å²) in [5.41, 5.74) is 1.89. The average Bonchev–Trinajstić information content (AvgIpc) is 2.29. The van der Waals surface area contributed by atoms with E-state index in [0.717, 1.165) is 12.0 Å². The van der Waals surface area contributed by atoms with Crippen molar-refractivity contribution in [3.8, 4) is 6.07 Å². The Hall–Kier alpha value is -1.37. The lowest BCUT2D eigenvalue weighted by Gasteiger charge is -2.26. The van der Waals surface area contributed by atoms with E-state index < -0.39 is 0 Å². The Morgan fingerprint density at radius 2 is 1.89 bits per heavy atom. The minimum atomic E-state index is -0.0470. The molecule has 0 heterocycles. The third-order valence-electron chi connectivity index (χ3n) is 2.85. The number of Topliss-reactive ketones (excluding diaryl/α,β-unsaturated/α-hetero) is 1. The summed E-state index contributed by atoms with van der Waals surface area (Å²) in [5, 5.41) is 11.9. The van der Waals surface area contributed by atoms with Gasteiger partial charge in [-0.05, 0) is 32.8 Å². The highest BCUT2D eigenvalue weighted by Gasteiger charge is 2.17. The molecular weight excluding hydrogens is 260 g/mol. The van der Waals surface area contributed by atoms with Gasteiger partial charge in [-0.2, -0.15) is 5.26 Å². The quantitative estimate of drug-likeness (QED) is 0.643. The van der Waals surface area contributed by atoms with E-state index in [1.54, 1.807) is 6.92 Å². The maximum absolute atomic E-state index is 11.2. The summed E-state index contributed by atoms with van der Waals surface area (Å²) in [5.74, 6) is 0.0907. The van der Waals surface area contributed by atoms with Gasteiger partial charge < -0.3 is 5.32 Å². The van der Waals surface area contributed by atoms with E-state index in [-0.39, 0.29) is 23.7 Å². The number of halogens is 1. The molecule has 0 amide bonds. The smallest absolute Gasteiger partial charge is 0.159 e. The van der Waals surface area contributed by atoms with Crippen LogP contribution >= 0.6 is 12.4 Å². The summed E-state index contributed by atoms with van der Waals surface area (Å²) in [4.78, 5) is 11.2. The fraction of sp³-hybridized carbons (Fsp3) is 0.467. The Balaban J connectivity index is 0.00000324. The fourth-order valence-electron chi connectivity index (χ4n) is 1.89. The first-order valence-corrected chi connectivity index (χ1v) is 6.16. The first kappa shape index (κ1) is 17.6. The van der Waals surface area contributed by atoms with E-state index in [1.807, 2.05) is 24.3 Å². The highest BCUT2D eigenvalue weighted by molar-refractivity contribution is 5.94. The maximum atomic E-state index is 11.2.